The van der Waals surface area contributed by atoms with Gasteiger partial charge in [-0.3, -0.25) is 4.79 Å². The smallest absolute Gasteiger partial charge is 0.258 e. The number of halogens is 1. The van der Waals surface area contributed by atoms with Crippen LogP contribution >= 0.6 is 0 Å². The monoisotopic (exact) mass is 367 g/mol. The molecule has 1 fully saturated rings. The van der Waals surface area contributed by atoms with Gasteiger partial charge in [0.1, 0.15) is 11.6 Å². The molecule has 1 atom stereocenters. The summed E-state index contributed by atoms with van der Waals surface area (Å²) in [4.78, 5) is 18.6. The van der Waals surface area contributed by atoms with Crippen LogP contribution in [0, 0.1) is 5.82 Å². The molecule has 27 heavy (non-hydrogen) atoms. The number of hydrogen-bond donors (Lipinski definition) is 0. The maximum absolute atomic E-state index is 13.4. The number of piperidine rings is 1. The summed E-state index contributed by atoms with van der Waals surface area (Å²) in [6.45, 7) is 1.20. The predicted octanol–water partition coefficient (Wildman–Crippen LogP) is 3.89. The molecule has 2 aromatic heterocycles. The minimum Gasteiger partial charge on any atom is -0.465 e. The summed E-state index contributed by atoms with van der Waals surface area (Å²) in [5.41, 5.74) is 0.541. The molecule has 1 amide bonds. The highest BCUT2D eigenvalue weighted by molar-refractivity contribution is 5.91. The first-order valence-electron chi connectivity index (χ1n) is 8.79. The number of benzene rings is 1. The van der Waals surface area contributed by atoms with Crippen molar-refractivity contribution in [3.63, 3.8) is 0 Å². The molecule has 0 aliphatic carbocycles. The molecule has 0 N–H and O–H groups in total. The average Bonchev–Trinajstić information content (AvgIpc) is 3.38. The van der Waals surface area contributed by atoms with Crippen molar-refractivity contribution < 1.29 is 18.1 Å². The molecule has 0 spiro atoms. The predicted molar refractivity (Wildman–Crippen MR) is 96.0 cm³/mol. The summed E-state index contributed by atoms with van der Waals surface area (Å²) in [6.07, 6.45) is 6.45. The van der Waals surface area contributed by atoms with Gasteiger partial charge in [0.2, 0.25) is 5.91 Å². The van der Waals surface area contributed by atoms with Gasteiger partial charge in [-0.05, 0) is 49.2 Å². The third-order valence-corrected chi connectivity index (χ3v) is 4.54. The summed E-state index contributed by atoms with van der Waals surface area (Å²) in [7, 11) is 0. The first-order valence-corrected chi connectivity index (χ1v) is 8.79. The van der Waals surface area contributed by atoms with Crippen LogP contribution in [0.15, 0.2) is 57.7 Å². The number of aromatic nitrogens is 2. The minimum absolute atomic E-state index is 0.00854. The molecule has 1 aliphatic rings. The van der Waals surface area contributed by atoms with Crippen LogP contribution in [0.1, 0.15) is 30.3 Å². The topological polar surface area (TPSA) is 72.4 Å². The molecule has 3 aromatic rings. The standard InChI is InChI=1S/C20H18FN3O3/c21-16-6-1-4-14(12-16)20-22-19(23-27-20)15-5-2-10-24(13-15)18(25)9-8-17-7-3-11-26-17/h1,3-4,6-9,11-12,15H,2,5,10,13H2/b9-8+/t15-/m1/s1. The molecule has 138 valence electrons. The second kappa shape index (κ2) is 7.57. The Balaban J connectivity index is 1.45. The van der Waals surface area contributed by atoms with E-state index < -0.39 is 0 Å². The maximum Gasteiger partial charge on any atom is 0.258 e. The molecule has 1 saturated heterocycles. The van der Waals surface area contributed by atoms with Gasteiger partial charge in [0.15, 0.2) is 5.82 Å². The van der Waals surface area contributed by atoms with Crippen molar-refractivity contribution in [2.45, 2.75) is 18.8 Å². The molecule has 0 unspecified atom stereocenters. The van der Waals surface area contributed by atoms with Crippen LogP contribution in [-0.2, 0) is 4.79 Å². The number of likely N-dealkylation sites (tertiary alicyclic amines) is 1. The number of amides is 1. The van der Waals surface area contributed by atoms with Gasteiger partial charge in [-0.25, -0.2) is 4.39 Å². The fraction of sp³-hybridized carbons (Fsp3) is 0.250. The first-order chi connectivity index (χ1) is 13.2. The highest BCUT2D eigenvalue weighted by atomic mass is 19.1. The Morgan fingerprint density at radius 1 is 1.30 bits per heavy atom. The van der Waals surface area contributed by atoms with Gasteiger partial charge >= 0.3 is 0 Å². The van der Waals surface area contributed by atoms with Crippen molar-refractivity contribution in [3.8, 4) is 11.5 Å². The van der Waals surface area contributed by atoms with Crippen LogP contribution in [0.4, 0.5) is 4.39 Å². The summed E-state index contributed by atoms with van der Waals surface area (Å²) >= 11 is 0. The van der Waals surface area contributed by atoms with Crippen LogP contribution in [0.3, 0.4) is 0 Å². The lowest BCUT2D eigenvalue weighted by atomic mass is 9.97. The van der Waals surface area contributed by atoms with E-state index in [9.17, 15) is 9.18 Å². The van der Waals surface area contributed by atoms with E-state index in [1.165, 1.54) is 18.2 Å². The van der Waals surface area contributed by atoms with Crippen LogP contribution in [-0.4, -0.2) is 34.0 Å². The van der Waals surface area contributed by atoms with Gasteiger partial charge in [-0.1, -0.05) is 11.2 Å². The number of hydrogen-bond acceptors (Lipinski definition) is 5. The fourth-order valence-corrected chi connectivity index (χ4v) is 3.17. The highest BCUT2D eigenvalue weighted by Gasteiger charge is 2.27. The van der Waals surface area contributed by atoms with Crippen LogP contribution in [0.2, 0.25) is 0 Å². The molecular weight excluding hydrogens is 349 g/mol. The van der Waals surface area contributed by atoms with E-state index in [4.69, 9.17) is 8.94 Å². The van der Waals surface area contributed by atoms with Crippen LogP contribution in [0.25, 0.3) is 17.5 Å². The fourth-order valence-electron chi connectivity index (χ4n) is 3.17. The second-order valence-electron chi connectivity index (χ2n) is 6.44. The van der Waals surface area contributed by atoms with E-state index in [1.807, 2.05) is 0 Å². The maximum atomic E-state index is 13.4. The van der Waals surface area contributed by atoms with E-state index in [1.54, 1.807) is 41.5 Å². The lowest BCUT2D eigenvalue weighted by Crippen LogP contribution is -2.38. The molecule has 0 saturated carbocycles. The van der Waals surface area contributed by atoms with Gasteiger partial charge in [0.25, 0.3) is 5.89 Å². The van der Waals surface area contributed by atoms with E-state index >= 15 is 0 Å². The second-order valence-corrected chi connectivity index (χ2v) is 6.44. The Morgan fingerprint density at radius 2 is 2.22 bits per heavy atom. The molecule has 1 aliphatic heterocycles. The molecule has 1 aromatic carbocycles. The number of furan rings is 1. The van der Waals surface area contributed by atoms with Crippen molar-refractivity contribution >= 4 is 12.0 Å². The molecule has 3 heterocycles. The Labute approximate surface area is 155 Å². The number of carbonyl (C=O) groups excluding carboxylic acids is 1. The quantitative estimate of drug-likeness (QED) is 0.654. The number of rotatable bonds is 4. The van der Waals surface area contributed by atoms with Gasteiger partial charge in [-0.2, -0.15) is 4.98 Å². The molecule has 4 rings (SSSR count). The van der Waals surface area contributed by atoms with E-state index in [0.717, 1.165) is 12.8 Å². The highest BCUT2D eigenvalue weighted by Crippen LogP contribution is 2.27. The zero-order valence-corrected chi connectivity index (χ0v) is 14.5. The Kier molecular flexibility index (Phi) is 4.82. The lowest BCUT2D eigenvalue weighted by Gasteiger charge is -2.30. The van der Waals surface area contributed by atoms with Gasteiger partial charge in [0.05, 0.1) is 6.26 Å². The largest absolute Gasteiger partial charge is 0.465 e. The Hall–Kier alpha value is -3.22. The van der Waals surface area contributed by atoms with E-state index in [0.29, 0.717) is 30.2 Å². The normalized spacial score (nSPS) is 17.5. The number of nitrogens with zero attached hydrogens (tertiary/aromatic N) is 3. The van der Waals surface area contributed by atoms with Crippen molar-refractivity contribution in [1.29, 1.82) is 0 Å². The SMILES string of the molecule is O=C(/C=C/c1ccco1)N1CCC[C@@H](c2noc(-c3cccc(F)c3)n2)C1. The average molecular weight is 367 g/mol. The zero-order chi connectivity index (χ0) is 18.6. The van der Waals surface area contributed by atoms with Gasteiger partial charge in [-0.15, -0.1) is 0 Å². The van der Waals surface area contributed by atoms with E-state index in [-0.39, 0.29) is 23.5 Å². The molecule has 6 nitrogen and oxygen atoms in total. The molecule has 0 radical (unpaired) electrons. The van der Waals surface area contributed by atoms with Crippen molar-refractivity contribution in [1.82, 2.24) is 15.0 Å². The minimum atomic E-state index is -0.356. The van der Waals surface area contributed by atoms with Gasteiger partial charge in [0, 0.05) is 30.6 Å². The molecule has 0 bridgehead atoms. The third kappa shape index (κ3) is 3.97. The lowest BCUT2D eigenvalue weighted by molar-refractivity contribution is -0.127. The van der Waals surface area contributed by atoms with Crippen LogP contribution < -0.4 is 0 Å². The van der Waals surface area contributed by atoms with E-state index in [2.05, 4.69) is 10.1 Å². The summed E-state index contributed by atoms with van der Waals surface area (Å²) in [5.74, 6) is 1.02. The third-order valence-electron chi connectivity index (χ3n) is 4.54. The summed E-state index contributed by atoms with van der Waals surface area (Å²) in [5, 5.41) is 4.05. The van der Waals surface area contributed by atoms with Gasteiger partial charge < -0.3 is 13.8 Å². The number of carbonyl (C=O) groups is 1. The summed E-state index contributed by atoms with van der Waals surface area (Å²) in [6, 6.07) is 9.59. The van der Waals surface area contributed by atoms with Crippen molar-refractivity contribution in [2.75, 3.05) is 13.1 Å². The Bertz CT molecular complexity index is 949. The van der Waals surface area contributed by atoms with Crippen molar-refractivity contribution in [2.24, 2.45) is 0 Å². The van der Waals surface area contributed by atoms with Crippen molar-refractivity contribution in [3.05, 3.63) is 66.1 Å². The molecular formula is C20H18FN3O3. The zero-order valence-electron chi connectivity index (χ0n) is 14.5. The van der Waals surface area contributed by atoms with Crippen LogP contribution in [0.5, 0.6) is 0 Å². The molecule has 7 heteroatoms. The Morgan fingerprint density at radius 3 is 3.04 bits per heavy atom. The first kappa shape index (κ1) is 17.2. The summed E-state index contributed by atoms with van der Waals surface area (Å²) < 4.78 is 23.9.